The zero-order valence-corrected chi connectivity index (χ0v) is 12.0. The molecule has 0 unspecified atom stereocenters. The fourth-order valence-corrected chi connectivity index (χ4v) is 2.90. The third-order valence-electron chi connectivity index (χ3n) is 4.13. The summed E-state index contributed by atoms with van der Waals surface area (Å²) in [4.78, 5) is 0. The van der Waals surface area contributed by atoms with Crippen LogP contribution in [0.1, 0.15) is 44.6 Å². The molecule has 1 aliphatic rings. The van der Waals surface area contributed by atoms with Gasteiger partial charge in [-0.3, -0.25) is 0 Å². The predicted molar refractivity (Wildman–Crippen MR) is 75.6 cm³/mol. The van der Waals surface area contributed by atoms with Crippen LogP contribution in [0, 0.1) is 11.6 Å². The second-order valence-corrected chi connectivity index (χ2v) is 5.87. The van der Waals surface area contributed by atoms with Gasteiger partial charge >= 0.3 is 0 Å². The number of aliphatic hydroxyl groups is 1. The molecule has 2 N–H and O–H groups in total. The first-order chi connectivity index (χ1) is 9.52. The van der Waals surface area contributed by atoms with E-state index in [1.165, 1.54) is 12.1 Å². The van der Waals surface area contributed by atoms with E-state index in [9.17, 15) is 13.9 Å². The van der Waals surface area contributed by atoms with Gasteiger partial charge in [0.15, 0.2) is 0 Å². The van der Waals surface area contributed by atoms with Crippen molar-refractivity contribution in [2.24, 2.45) is 0 Å². The first-order valence-corrected chi connectivity index (χ1v) is 7.42. The van der Waals surface area contributed by atoms with E-state index in [4.69, 9.17) is 0 Å². The molecule has 0 aliphatic heterocycles. The molecule has 0 bridgehead atoms. The van der Waals surface area contributed by atoms with Crippen molar-refractivity contribution >= 4 is 0 Å². The van der Waals surface area contributed by atoms with Crippen LogP contribution in [-0.4, -0.2) is 23.3 Å². The molecule has 4 heteroatoms. The molecule has 0 spiro atoms. The van der Waals surface area contributed by atoms with Gasteiger partial charge in [-0.2, -0.15) is 0 Å². The average molecular weight is 283 g/mol. The highest BCUT2D eigenvalue weighted by Gasteiger charge is 2.33. The van der Waals surface area contributed by atoms with E-state index >= 15 is 0 Å². The van der Waals surface area contributed by atoms with E-state index in [0.717, 1.165) is 31.9 Å². The fourth-order valence-electron chi connectivity index (χ4n) is 2.90. The molecule has 1 saturated carbocycles. The smallest absolute Gasteiger partial charge is 0.129 e. The molecule has 1 aromatic rings. The SMILES string of the molecule is CCCNC1CCC(O)(Cc2ccc(F)cc2F)CC1. The maximum Gasteiger partial charge on any atom is 0.129 e. The van der Waals surface area contributed by atoms with Crippen LogP contribution < -0.4 is 5.32 Å². The minimum absolute atomic E-state index is 0.264. The van der Waals surface area contributed by atoms with Gasteiger partial charge in [-0.25, -0.2) is 8.78 Å². The van der Waals surface area contributed by atoms with Gasteiger partial charge in [-0.15, -0.1) is 0 Å². The molecule has 1 aromatic carbocycles. The van der Waals surface area contributed by atoms with Crippen LogP contribution in [-0.2, 0) is 6.42 Å². The Labute approximate surface area is 119 Å². The van der Waals surface area contributed by atoms with Gasteiger partial charge in [0.1, 0.15) is 11.6 Å². The van der Waals surface area contributed by atoms with E-state index in [1.807, 2.05) is 0 Å². The van der Waals surface area contributed by atoms with E-state index in [1.54, 1.807) is 0 Å². The Morgan fingerprint density at radius 3 is 2.60 bits per heavy atom. The molecule has 0 radical (unpaired) electrons. The summed E-state index contributed by atoms with van der Waals surface area (Å²) in [5.41, 5.74) is -0.461. The molecule has 0 saturated heterocycles. The normalized spacial score (nSPS) is 26.7. The molecule has 0 aromatic heterocycles. The Morgan fingerprint density at radius 2 is 2.00 bits per heavy atom. The summed E-state index contributed by atoms with van der Waals surface area (Å²) >= 11 is 0. The fraction of sp³-hybridized carbons (Fsp3) is 0.625. The van der Waals surface area contributed by atoms with Crippen LogP contribution in [0.5, 0.6) is 0 Å². The highest BCUT2D eigenvalue weighted by Crippen LogP contribution is 2.32. The Morgan fingerprint density at radius 1 is 1.30 bits per heavy atom. The topological polar surface area (TPSA) is 32.3 Å². The lowest BCUT2D eigenvalue weighted by molar-refractivity contribution is -0.00373. The first-order valence-electron chi connectivity index (χ1n) is 7.42. The molecular weight excluding hydrogens is 260 g/mol. The van der Waals surface area contributed by atoms with E-state index < -0.39 is 17.2 Å². The summed E-state index contributed by atoms with van der Waals surface area (Å²) in [6, 6.07) is 4.02. The quantitative estimate of drug-likeness (QED) is 0.870. The lowest BCUT2D eigenvalue weighted by Gasteiger charge is -2.36. The minimum atomic E-state index is -0.858. The molecule has 1 aliphatic carbocycles. The number of hydrogen-bond acceptors (Lipinski definition) is 2. The molecule has 0 atom stereocenters. The van der Waals surface area contributed by atoms with Crippen LogP contribution in [0.4, 0.5) is 8.78 Å². The van der Waals surface area contributed by atoms with Gasteiger partial charge in [-0.05, 0) is 50.3 Å². The molecule has 20 heavy (non-hydrogen) atoms. The summed E-state index contributed by atoms with van der Waals surface area (Å²) in [5.74, 6) is -1.14. The third-order valence-corrected chi connectivity index (χ3v) is 4.13. The van der Waals surface area contributed by atoms with Crippen molar-refractivity contribution in [3.63, 3.8) is 0 Å². The Hall–Kier alpha value is -1.00. The number of rotatable bonds is 5. The van der Waals surface area contributed by atoms with E-state index in [-0.39, 0.29) is 6.42 Å². The first kappa shape index (κ1) is 15.4. The summed E-state index contributed by atoms with van der Waals surface area (Å²) < 4.78 is 26.5. The van der Waals surface area contributed by atoms with Crippen molar-refractivity contribution in [1.29, 1.82) is 0 Å². The Bertz CT molecular complexity index is 442. The van der Waals surface area contributed by atoms with Crippen molar-refractivity contribution in [3.05, 3.63) is 35.4 Å². The summed E-state index contributed by atoms with van der Waals surface area (Å²) in [7, 11) is 0. The summed E-state index contributed by atoms with van der Waals surface area (Å²) in [5, 5.41) is 14.0. The van der Waals surface area contributed by atoms with Crippen molar-refractivity contribution in [2.45, 2.75) is 57.1 Å². The maximum atomic E-state index is 13.7. The van der Waals surface area contributed by atoms with Gasteiger partial charge in [0.2, 0.25) is 0 Å². The van der Waals surface area contributed by atoms with Crippen LogP contribution in [0.25, 0.3) is 0 Å². The lowest BCUT2D eigenvalue weighted by atomic mass is 9.78. The highest BCUT2D eigenvalue weighted by atomic mass is 19.1. The van der Waals surface area contributed by atoms with Crippen molar-refractivity contribution in [1.82, 2.24) is 5.32 Å². The van der Waals surface area contributed by atoms with Gasteiger partial charge in [0, 0.05) is 18.5 Å². The minimum Gasteiger partial charge on any atom is -0.390 e. The standard InChI is InChI=1S/C16H23F2NO/c1-2-9-19-14-5-7-16(20,8-6-14)11-12-3-4-13(17)10-15(12)18/h3-4,10,14,19-20H,2,5-9,11H2,1H3. The average Bonchev–Trinajstić information content (AvgIpc) is 2.42. The Balaban J connectivity index is 1.93. The number of benzene rings is 1. The number of hydrogen-bond donors (Lipinski definition) is 2. The van der Waals surface area contributed by atoms with Crippen molar-refractivity contribution < 1.29 is 13.9 Å². The molecule has 2 nitrogen and oxygen atoms in total. The molecular formula is C16H23F2NO. The molecule has 2 rings (SSSR count). The Kier molecular flexibility index (Phi) is 5.11. The maximum absolute atomic E-state index is 13.7. The van der Waals surface area contributed by atoms with Crippen LogP contribution in [0.3, 0.4) is 0 Å². The van der Waals surface area contributed by atoms with Crippen molar-refractivity contribution in [3.8, 4) is 0 Å². The van der Waals surface area contributed by atoms with Gasteiger partial charge in [-0.1, -0.05) is 13.0 Å². The third kappa shape index (κ3) is 4.00. The molecule has 112 valence electrons. The van der Waals surface area contributed by atoms with Gasteiger partial charge < -0.3 is 10.4 Å². The molecule has 1 fully saturated rings. The zero-order valence-electron chi connectivity index (χ0n) is 12.0. The lowest BCUT2D eigenvalue weighted by Crippen LogP contribution is -2.42. The van der Waals surface area contributed by atoms with Crippen LogP contribution >= 0.6 is 0 Å². The predicted octanol–water partition coefficient (Wildman–Crippen LogP) is 3.18. The van der Waals surface area contributed by atoms with Crippen LogP contribution in [0.15, 0.2) is 18.2 Å². The monoisotopic (exact) mass is 283 g/mol. The highest BCUT2D eigenvalue weighted by molar-refractivity contribution is 5.20. The molecule has 0 heterocycles. The summed E-state index contributed by atoms with van der Waals surface area (Å²) in [6.07, 6.45) is 4.48. The summed E-state index contributed by atoms with van der Waals surface area (Å²) in [6.45, 7) is 3.12. The number of halogens is 2. The number of nitrogens with one attached hydrogen (secondary N) is 1. The van der Waals surface area contributed by atoms with Gasteiger partial charge in [0.25, 0.3) is 0 Å². The van der Waals surface area contributed by atoms with E-state index in [0.29, 0.717) is 24.4 Å². The largest absolute Gasteiger partial charge is 0.390 e. The molecule has 0 amide bonds. The van der Waals surface area contributed by atoms with E-state index in [2.05, 4.69) is 12.2 Å². The second kappa shape index (κ2) is 6.64. The van der Waals surface area contributed by atoms with Crippen molar-refractivity contribution in [2.75, 3.05) is 6.54 Å². The van der Waals surface area contributed by atoms with Crippen LogP contribution in [0.2, 0.25) is 0 Å². The second-order valence-electron chi connectivity index (χ2n) is 5.87. The van der Waals surface area contributed by atoms with Gasteiger partial charge in [0.05, 0.1) is 5.60 Å². The zero-order chi connectivity index (χ0) is 14.6.